The highest BCUT2D eigenvalue weighted by Crippen LogP contribution is 2.32. The molecule has 0 atom stereocenters. The van der Waals surface area contributed by atoms with Crippen LogP contribution in [0.5, 0.6) is 0 Å². The van der Waals surface area contributed by atoms with E-state index in [1.807, 2.05) is 36.9 Å². The molecule has 1 aliphatic rings. The number of amides is 2. The normalized spacial score (nSPS) is 14.1. The Labute approximate surface area is 200 Å². The zero-order valence-corrected chi connectivity index (χ0v) is 19.3. The van der Waals surface area contributed by atoms with Crippen LogP contribution in [0.3, 0.4) is 0 Å². The van der Waals surface area contributed by atoms with E-state index in [1.54, 1.807) is 12.1 Å². The molecule has 0 spiro atoms. The molecular weight excluding hydrogens is 459 g/mol. The fourth-order valence-electron chi connectivity index (χ4n) is 4.08. The van der Waals surface area contributed by atoms with E-state index >= 15 is 0 Å². The average Bonchev–Trinajstić information content (AvgIpc) is 2.82. The number of piperazine rings is 1. The van der Waals surface area contributed by atoms with E-state index in [0.717, 1.165) is 17.2 Å². The highest BCUT2D eigenvalue weighted by atomic mass is 19.4. The van der Waals surface area contributed by atoms with Crippen LogP contribution in [0.1, 0.15) is 37.5 Å². The third-order valence-corrected chi connectivity index (χ3v) is 5.72. The summed E-state index contributed by atoms with van der Waals surface area (Å²) in [5.41, 5.74) is 1.60. The lowest BCUT2D eigenvalue weighted by Crippen LogP contribution is -2.49. The molecule has 182 valence electrons. The number of hydrogen-bond acceptors (Lipinski definition) is 5. The van der Waals surface area contributed by atoms with Crippen molar-refractivity contribution < 1.29 is 22.8 Å². The van der Waals surface area contributed by atoms with Gasteiger partial charge in [-0.3, -0.25) is 9.59 Å². The van der Waals surface area contributed by atoms with E-state index in [2.05, 4.69) is 15.5 Å². The van der Waals surface area contributed by atoms with Crippen molar-refractivity contribution in [3.63, 3.8) is 0 Å². The van der Waals surface area contributed by atoms with E-state index in [0.29, 0.717) is 24.6 Å². The van der Waals surface area contributed by atoms with Crippen LogP contribution in [-0.4, -0.2) is 53.1 Å². The summed E-state index contributed by atoms with van der Waals surface area (Å²) < 4.78 is 39.9. The zero-order chi connectivity index (χ0) is 25.2. The Kier molecular flexibility index (Phi) is 6.72. The van der Waals surface area contributed by atoms with Gasteiger partial charge in [0.1, 0.15) is 0 Å². The molecule has 0 saturated carbocycles. The van der Waals surface area contributed by atoms with Crippen molar-refractivity contribution in [2.45, 2.75) is 20.0 Å². The lowest BCUT2D eigenvalue weighted by Gasteiger charge is -2.35. The van der Waals surface area contributed by atoms with Gasteiger partial charge in [-0.1, -0.05) is 18.2 Å². The van der Waals surface area contributed by atoms with Crippen molar-refractivity contribution in [1.82, 2.24) is 15.1 Å². The number of aromatic nitrogens is 2. The lowest BCUT2D eigenvalue weighted by atomic mass is 10.1. The van der Waals surface area contributed by atoms with Gasteiger partial charge in [-0.25, -0.2) is 0 Å². The Morgan fingerprint density at radius 2 is 1.54 bits per heavy atom. The first kappa shape index (κ1) is 24.2. The van der Waals surface area contributed by atoms with Crippen molar-refractivity contribution in [3.05, 3.63) is 82.5 Å². The van der Waals surface area contributed by atoms with Gasteiger partial charge in [0.15, 0.2) is 11.5 Å². The van der Waals surface area contributed by atoms with Gasteiger partial charge in [0.25, 0.3) is 11.8 Å². The predicted octanol–water partition coefficient (Wildman–Crippen LogP) is 4.33. The first-order chi connectivity index (χ1) is 16.6. The number of anilines is 2. The van der Waals surface area contributed by atoms with Gasteiger partial charge in [0.2, 0.25) is 0 Å². The van der Waals surface area contributed by atoms with Crippen molar-refractivity contribution in [2.75, 3.05) is 36.4 Å². The van der Waals surface area contributed by atoms with E-state index in [4.69, 9.17) is 0 Å². The molecule has 0 aliphatic carbocycles. The van der Waals surface area contributed by atoms with Gasteiger partial charge in [-0.05, 0) is 61.4 Å². The molecule has 1 aliphatic heterocycles. The van der Waals surface area contributed by atoms with Crippen LogP contribution in [0.25, 0.3) is 0 Å². The fourth-order valence-corrected chi connectivity index (χ4v) is 4.08. The van der Waals surface area contributed by atoms with E-state index in [1.165, 1.54) is 23.1 Å². The van der Waals surface area contributed by atoms with Crippen molar-refractivity contribution in [3.8, 4) is 0 Å². The molecule has 1 saturated heterocycles. The van der Waals surface area contributed by atoms with Crippen LogP contribution < -0.4 is 10.2 Å². The maximum Gasteiger partial charge on any atom is 0.417 e. The third-order valence-electron chi connectivity index (χ3n) is 5.72. The number of rotatable bonds is 4. The highest BCUT2D eigenvalue weighted by Gasteiger charge is 2.36. The average molecular weight is 483 g/mol. The summed E-state index contributed by atoms with van der Waals surface area (Å²) in [5, 5.41) is 11.0. The van der Waals surface area contributed by atoms with Crippen molar-refractivity contribution in [2.24, 2.45) is 0 Å². The van der Waals surface area contributed by atoms with Gasteiger partial charge < -0.3 is 15.1 Å². The lowest BCUT2D eigenvalue weighted by molar-refractivity contribution is -0.138. The minimum absolute atomic E-state index is 0.158. The summed E-state index contributed by atoms with van der Waals surface area (Å²) in [6.45, 7) is 5.12. The molecule has 3 aromatic rings. The van der Waals surface area contributed by atoms with Gasteiger partial charge >= 0.3 is 6.18 Å². The molecule has 2 aromatic carbocycles. The second kappa shape index (κ2) is 9.73. The smallest absolute Gasteiger partial charge is 0.352 e. The van der Waals surface area contributed by atoms with Gasteiger partial charge in [0.05, 0.1) is 11.1 Å². The summed E-state index contributed by atoms with van der Waals surface area (Å²) in [6, 6.07) is 13.8. The Balaban J connectivity index is 1.38. The molecule has 7 nitrogen and oxygen atoms in total. The standard InChI is InChI=1S/C25H24F3N5O2/c1-16-13-17(2)15-18(14-16)29-23(34)21-7-8-22(31-30-21)32-9-11-33(12-10-32)24(35)19-5-3-4-6-20(19)25(26,27)28/h3-8,13-15H,9-12H2,1-2H3,(H,29,34). The second-order valence-corrected chi connectivity index (χ2v) is 8.43. The number of benzene rings is 2. The van der Waals surface area contributed by atoms with Gasteiger partial charge in [-0.2, -0.15) is 13.2 Å². The van der Waals surface area contributed by atoms with Crippen LogP contribution >= 0.6 is 0 Å². The van der Waals surface area contributed by atoms with Crippen LogP contribution in [0.2, 0.25) is 0 Å². The minimum atomic E-state index is -4.60. The molecule has 2 amide bonds. The molecule has 0 unspecified atom stereocenters. The molecule has 1 fully saturated rings. The predicted molar refractivity (Wildman–Crippen MR) is 125 cm³/mol. The summed E-state index contributed by atoms with van der Waals surface area (Å²) >= 11 is 0. The number of halogens is 3. The maximum atomic E-state index is 13.3. The monoisotopic (exact) mass is 483 g/mol. The molecule has 4 rings (SSSR count). The number of aryl methyl sites for hydroxylation is 2. The third kappa shape index (κ3) is 5.59. The number of carbonyl (C=O) groups excluding carboxylic acids is 2. The molecule has 1 aromatic heterocycles. The number of alkyl halides is 3. The van der Waals surface area contributed by atoms with Gasteiger partial charge in [0, 0.05) is 31.9 Å². The van der Waals surface area contributed by atoms with E-state index in [9.17, 15) is 22.8 Å². The molecule has 0 bridgehead atoms. The maximum absolute atomic E-state index is 13.3. The Morgan fingerprint density at radius 3 is 2.14 bits per heavy atom. The van der Waals surface area contributed by atoms with Crippen molar-refractivity contribution >= 4 is 23.3 Å². The van der Waals surface area contributed by atoms with Crippen LogP contribution in [-0.2, 0) is 6.18 Å². The van der Waals surface area contributed by atoms with Crippen molar-refractivity contribution in [1.29, 1.82) is 0 Å². The molecular formula is C25H24F3N5O2. The zero-order valence-electron chi connectivity index (χ0n) is 19.3. The quantitative estimate of drug-likeness (QED) is 0.598. The Hall–Kier alpha value is -3.95. The summed E-state index contributed by atoms with van der Waals surface area (Å²) in [7, 11) is 0. The Bertz CT molecular complexity index is 1220. The fraction of sp³-hybridized carbons (Fsp3) is 0.280. The molecule has 1 N–H and O–H groups in total. The minimum Gasteiger partial charge on any atom is -0.352 e. The van der Waals surface area contributed by atoms with Crippen LogP contribution in [0.15, 0.2) is 54.6 Å². The molecule has 2 heterocycles. The first-order valence-corrected chi connectivity index (χ1v) is 11.1. The topological polar surface area (TPSA) is 78.4 Å². The molecule has 10 heteroatoms. The summed E-state index contributed by atoms with van der Waals surface area (Å²) in [4.78, 5) is 28.6. The van der Waals surface area contributed by atoms with Crippen LogP contribution in [0.4, 0.5) is 24.7 Å². The number of hydrogen-bond donors (Lipinski definition) is 1. The summed E-state index contributed by atoms with van der Waals surface area (Å²) in [5.74, 6) is -0.509. The summed E-state index contributed by atoms with van der Waals surface area (Å²) in [6.07, 6.45) is -4.60. The SMILES string of the molecule is Cc1cc(C)cc(NC(=O)c2ccc(N3CCN(C(=O)c4ccccc4C(F)(F)F)CC3)nn2)c1. The molecule has 35 heavy (non-hydrogen) atoms. The number of nitrogens with zero attached hydrogens (tertiary/aromatic N) is 4. The van der Waals surface area contributed by atoms with E-state index < -0.39 is 17.6 Å². The van der Waals surface area contributed by atoms with Crippen LogP contribution in [0, 0.1) is 13.8 Å². The van der Waals surface area contributed by atoms with E-state index in [-0.39, 0.29) is 30.3 Å². The number of carbonyl (C=O) groups is 2. The second-order valence-electron chi connectivity index (χ2n) is 8.43. The first-order valence-electron chi connectivity index (χ1n) is 11.1. The van der Waals surface area contributed by atoms with Gasteiger partial charge in [-0.15, -0.1) is 10.2 Å². The highest BCUT2D eigenvalue weighted by molar-refractivity contribution is 6.02. The Morgan fingerprint density at radius 1 is 0.886 bits per heavy atom. The number of nitrogens with one attached hydrogen (secondary N) is 1. The largest absolute Gasteiger partial charge is 0.417 e. The molecule has 0 radical (unpaired) electrons.